The van der Waals surface area contributed by atoms with Crippen molar-refractivity contribution in [1.82, 2.24) is 4.98 Å². The first-order valence-electron chi connectivity index (χ1n) is 6.16. The number of rotatable bonds is 3. The molecule has 0 bridgehead atoms. The van der Waals surface area contributed by atoms with Crippen LogP contribution in [-0.2, 0) is 0 Å². The Labute approximate surface area is 113 Å². The maximum Gasteiger partial charge on any atom is 0.142 e. The third-order valence-corrected chi connectivity index (χ3v) is 3.04. The topological polar surface area (TPSA) is 60.2 Å². The van der Waals surface area contributed by atoms with Crippen molar-refractivity contribution < 1.29 is 4.74 Å². The first kappa shape index (κ1) is 13.2. The molecule has 100 valence electrons. The van der Waals surface area contributed by atoms with Crippen molar-refractivity contribution in [2.75, 3.05) is 18.2 Å². The van der Waals surface area contributed by atoms with E-state index in [1.54, 1.807) is 7.11 Å². The fourth-order valence-electron chi connectivity index (χ4n) is 2.02. The fraction of sp³-hybridized carbons (Fsp3) is 0.267. The molecule has 0 aliphatic carbocycles. The number of nitrogen functional groups attached to an aromatic ring is 1. The van der Waals surface area contributed by atoms with Crippen molar-refractivity contribution in [3.8, 4) is 5.75 Å². The molecule has 0 aliphatic heterocycles. The van der Waals surface area contributed by atoms with Gasteiger partial charge in [-0.25, -0.2) is 4.98 Å². The summed E-state index contributed by atoms with van der Waals surface area (Å²) in [4.78, 5) is 4.42. The molecule has 4 heteroatoms. The largest absolute Gasteiger partial charge is 0.495 e. The summed E-state index contributed by atoms with van der Waals surface area (Å²) in [6, 6.07) is 7.82. The minimum Gasteiger partial charge on any atom is -0.495 e. The summed E-state index contributed by atoms with van der Waals surface area (Å²) in [6.07, 6.45) is 0. The number of nitrogens with zero attached hydrogens (tertiary/aromatic N) is 1. The van der Waals surface area contributed by atoms with Gasteiger partial charge in [0.05, 0.1) is 24.2 Å². The fourth-order valence-corrected chi connectivity index (χ4v) is 2.02. The molecule has 1 heterocycles. The van der Waals surface area contributed by atoms with Crippen molar-refractivity contribution in [3.63, 3.8) is 0 Å². The number of aryl methyl sites for hydroxylation is 3. The van der Waals surface area contributed by atoms with E-state index in [2.05, 4.69) is 16.4 Å². The van der Waals surface area contributed by atoms with Gasteiger partial charge in [-0.1, -0.05) is 6.07 Å². The number of benzene rings is 1. The van der Waals surface area contributed by atoms with Gasteiger partial charge >= 0.3 is 0 Å². The Morgan fingerprint density at radius 3 is 2.53 bits per heavy atom. The smallest absolute Gasteiger partial charge is 0.142 e. The minimum absolute atomic E-state index is 0.693. The van der Waals surface area contributed by atoms with Gasteiger partial charge < -0.3 is 15.8 Å². The summed E-state index contributed by atoms with van der Waals surface area (Å²) in [5, 5.41) is 3.30. The number of nitrogens with two attached hydrogens (primary N) is 1. The Hall–Kier alpha value is -2.23. The number of hydrogen-bond donors (Lipinski definition) is 2. The van der Waals surface area contributed by atoms with Gasteiger partial charge in [0, 0.05) is 0 Å². The normalized spacial score (nSPS) is 10.3. The second kappa shape index (κ2) is 5.18. The molecule has 0 spiro atoms. The van der Waals surface area contributed by atoms with Crippen molar-refractivity contribution in [2.45, 2.75) is 20.8 Å². The zero-order chi connectivity index (χ0) is 14.0. The molecule has 2 aromatic rings. The van der Waals surface area contributed by atoms with Gasteiger partial charge in [0.1, 0.15) is 11.6 Å². The maximum absolute atomic E-state index is 5.77. The summed E-state index contributed by atoms with van der Waals surface area (Å²) in [6.45, 7) is 5.98. The van der Waals surface area contributed by atoms with Crippen LogP contribution in [0.3, 0.4) is 0 Å². The molecular weight excluding hydrogens is 238 g/mol. The first-order valence-corrected chi connectivity index (χ1v) is 6.16. The molecule has 3 N–H and O–H groups in total. The van der Waals surface area contributed by atoms with Crippen molar-refractivity contribution in [3.05, 3.63) is 41.1 Å². The number of pyridine rings is 1. The highest BCUT2D eigenvalue weighted by Gasteiger charge is 2.09. The lowest BCUT2D eigenvalue weighted by Gasteiger charge is -2.15. The Morgan fingerprint density at radius 1 is 1.16 bits per heavy atom. The zero-order valence-electron chi connectivity index (χ0n) is 11.7. The highest BCUT2D eigenvalue weighted by molar-refractivity contribution is 5.69. The van der Waals surface area contributed by atoms with Gasteiger partial charge in [-0.3, -0.25) is 0 Å². The predicted octanol–water partition coefficient (Wildman–Crippen LogP) is 3.34. The number of aromatic nitrogens is 1. The predicted molar refractivity (Wildman–Crippen MR) is 79.1 cm³/mol. The highest BCUT2D eigenvalue weighted by atomic mass is 16.5. The monoisotopic (exact) mass is 257 g/mol. The van der Waals surface area contributed by atoms with Crippen molar-refractivity contribution in [2.24, 2.45) is 0 Å². The lowest BCUT2D eigenvalue weighted by atomic mass is 10.1. The van der Waals surface area contributed by atoms with Crippen LogP contribution in [0, 0.1) is 20.8 Å². The molecule has 0 unspecified atom stereocenters. The second-order valence-corrected chi connectivity index (χ2v) is 4.66. The third-order valence-electron chi connectivity index (χ3n) is 3.04. The molecule has 1 aromatic heterocycles. The van der Waals surface area contributed by atoms with Crippen LogP contribution in [0.1, 0.15) is 16.8 Å². The molecule has 0 radical (unpaired) electrons. The molecule has 0 saturated carbocycles. The maximum atomic E-state index is 5.77. The molecule has 1 aromatic carbocycles. The van der Waals surface area contributed by atoms with Gasteiger partial charge in [0.25, 0.3) is 0 Å². The average Bonchev–Trinajstić information content (AvgIpc) is 2.36. The zero-order valence-corrected chi connectivity index (χ0v) is 11.7. The molecule has 0 aliphatic rings. The summed E-state index contributed by atoms with van der Waals surface area (Å²) >= 11 is 0. The summed E-state index contributed by atoms with van der Waals surface area (Å²) < 4.78 is 5.42. The van der Waals surface area contributed by atoms with Crippen LogP contribution in [0.2, 0.25) is 0 Å². The van der Waals surface area contributed by atoms with E-state index in [4.69, 9.17) is 10.5 Å². The van der Waals surface area contributed by atoms with Crippen LogP contribution in [0.25, 0.3) is 0 Å². The van der Waals surface area contributed by atoms with Crippen molar-refractivity contribution >= 4 is 17.2 Å². The van der Waals surface area contributed by atoms with E-state index in [1.807, 2.05) is 39.0 Å². The standard InChI is InChI=1S/C15H19N3O/c1-9-7-10(2)15(13(8-9)19-4)18-14-6-5-12(16)11(3)17-14/h5-8H,16H2,1-4H3,(H,17,18). The average molecular weight is 257 g/mol. The van der Waals surface area contributed by atoms with Crippen LogP contribution in [0.5, 0.6) is 5.75 Å². The first-order chi connectivity index (χ1) is 9.01. The Bertz CT molecular complexity index is 609. The number of ether oxygens (including phenoxy) is 1. The third kappa shape index (κ3) is 2.78. The van der Waals surface area contributed by atoms with Crippen LogP contribution in [0.15, 0.2) is 24.3 Å². The molecule has 2 rings (SSSR count). The van der Waals surface area contributed by atoms with E-state index in [0.717, 1.165) is 28.5 Å². The minimum atomic E-state index is 0.693. The van der Waals surface area contributed by atoms with Gasteiger partial charge in [-0.2, -0.15) is 0 Å². The van der Waals surface area contributed by atoms with E-state index in [1.165, 1.54) is 5.56 Å². The van der Waals surface area contributed by atoms with E-state index in [-0.39, 0.29) is 0 Å². The van der Waals surface area contributed by atoms with Crippen molar-refractivity contribution in [1.29, 1.82) is 0 Å². The number of methoxy groups -OCH3 is 1. The second-order valence-electron chi connectivity index (χ2n) is 4.66. The van der Waals surface area contributed by atoms with Crippen LogP contribution >= 0.6 is 0 Å². The van der Waals surface area contributed by atoms with Gasteiger partial charge in [0.2, 0.25) is 0 Å². The van der Waals surface area contributed by atoms with Crippen LogP contribution in [0.4, 0.5) is 17.2 Å². The lowest BCUT2D eigenvalue weighted by molar-refractivity contribution is 0.416. The molecule has 19 heavy (non-hydrogen) atoms. The van der Waals surface area contributed by atoms with Gasteiger partial charge in [0.15, 0.2) is 0 Å². The molecule has 0 saturated heterocycles. The Morgan fingerprint density at radius 2 is 1.89 bits per heavy atom. The molecular formula is C15H19N3O. The summed E-state index contributed by atoms with van der Waals surface area (Å²) in [5.74, 6) is 1.57. The molecule has 0 fully saturated rings. The van der Waals surface area contributed by atoms with Crippen LogP contribution in [-0.4, -0.2) is 12.1 Å². The van der Waals surface area contributed by atoms with E-state index < -0.39 is 0 Å². The molecule has 4 nitrogen and oxygen atoms in total. The van der Waals surface area contributed by atoms with Gasteiger partial charge in [-0.05, 0) is 50.1 Å². The molecule has 0 atom stereocenters. The van der Waals surface area contributed by atoms with E-state index in [9.17, 15) is 0 Å². The highest BCUT2D eigenvalue weighted by Crippen LogP contribution is 2.32. The lowest BCUT2D eigenvalue weighted by Crippen LogP contribution is -2.01. The number of nitrogens with one attached hydrogen (secondary N) is 1. The number of anilines is 3. The molecule has 0 amide bonds. The van der Waals surface area contributed by atoms with Gasteiger partial charge in [-0.15, -0.1) is 0 Å². The van der Waals surface area contributed by atoms with E-state index in [0.29, 0.717) is 5.69 Å². The Kier molecular flexibility index (Phi) is 3.60. The SMILES string of the molecule is COc1cc(C)cc(C)c1Nc1ccc(N)c(C)n1. The number of hydrogen-bond acceptors (Lipinski definition) is 4. The summed E-state index contributed by atoms with van der Waals surface area (Å²) in [5.41, 5.74) is 10.5. The Balaban J connectivity index is 2.40. The summed E-state index contributed by atoms with van der Waals surface area (Å²) in [7, 11) is 1.67. The van der Waals surface area contributed by atoms with Crippen LogP contribution < -0.4 is 15.8 Å². The van der Waals surface area contributed by atoms with E-state index >= 15 is 0 Å². The quantitative estimate of drug-likeness (QED) is 0.885.